The normalized spacial score (nSPS) is 15.2. The van der Waals surface area contributed by atoms with Crippen LogP contribution in [0.3, 0.4) is 0 Å². The number of hydrogen-bond donors (Lipinski definition) is 1. The quantitative estimate of drug-likeness (QED) is 0.324. The van der Waals surface area contributed by atoms with E-state index in [9.17, 15) is 19.1 Å². The molecule has 0 spiro atoms. The van der Waals surface area contributed by atoms with Crippen molar-refractivity contribution in [1.29, 1.82) is 0 Å². The molecular weight excluding hydrogens is 568 g/mol. The maximum atomic E-state index is 15.6. The molecule has 1 N–H and O–H groups in total. The third kappa shape index (κ3) is 5.65. The van der Waals surface area contributed by atoms with Gasteiger partial charge in [0.05, 0.1) is 19.3 Å². The van der Waals surface area contributed by atoms with Gasteiger partial charge in [-0.3, -0.25) is 4.79 Å². The summed E-state index contributed by atoms with van der Waals surface area (Å²) < 4.78 is 46.9. The van der Waals surface area contributed by atoms with E-state index in [0.717, 1.165) is 39.8 Å². The van der Waals surface area contributed by atoms with Crippen molar-refractivity contribution >= 4 is 11.9 Å². The molecule has 234 valence electrons. The predicted molar refractivity (Wildman–Crippen MR) is 162 cm³/mol. The second-order valence-electron chi connectivity index (χ2n) is 12.6. The van der Waals surface area contributed by atoms with Crippen LogP contribution in [0.2, 0.25) is 0 Å². The lowest BCUT2D eigenvalue weighted by molar-refractivity contribution is -0.160. The highest BCUT2D eigenvalue weighted by atomic mass is 19.1. The summed E-state index contributed by atoms with van der Waals surface area (Å²) in [5, 5.41) is 10.5. The highest BCUT2D eigenvalue weighted by Gasteiger charge is 2.36. The average Bonchev–Trinajstić information content (AvgIpc) is 2.98. The highest BCUT2D eigenvalue weighted by molar-refractivity contribution is 5.95. The number of amides is 1. The molecule has 1 atom stereocenters. The van der Waals surface area contributed by atoms with Gasteiger partial charge in [-0.2, -0.15) is 0 Å². The van der Waals surface area contributed by atoms with Crippen LogP contribution in [0.15, 0.2) is 24.3 Å². The first kappa shape index (κ1) is 31.4. The van der Waals surface area contributed by atoms with Crippen molar-refractivity contribution in [3.8, 4) is 22.6 Å². The second-order valence-corrected chi connectivity index (χ2v) is 12.6. The van der Waals surface area contributed by atoms with Crippen molar-refractivity contribution in [1.82, 2.24) is 4.90 Å². The van der Waals surface area contributed by atoms with Gasteiger partial charge >= 0.3 is 5.97 Å². The number of benzene rings is 3. The van der Waals surface area contributed by atoms with Gasteiger partial charge in [-0.05, 0) is 124 Å². The average molecular weight is 608 g/mol. The van der Waals surface area contributed by atoms with Crippen molar-refractivity contribution < 1.29 is 37.7 Å². The molecule has 1 amide bonds. The SMILES string of the molecule is COc1ccc(C(=O)N2CCc3c(C)c(C(OC(C)(C)C)C(=O)O)c(-c4cc(F)c5c(c4C)CCCO5)c(C)c3C2)cc1F. The summed E-state index contributed by atoms with van der Waals surface area (Å²) in [6.07, 6.45) is 0.545. The smallest absolute Gasteiger partial charge is 0.337 e. The monoisotopic (exact) mass is 607 g/mol. The number of methoxy groups -OCH3 is 1. The zero-order valence-electron chi connectivity index (χ0n) is 26.3. The molecule has 9 heteroatoms. The van der Waals surface area contributed by atoms with Crippen LogP contribution >= 0.6 is 0 Å². The van der Waals surface area contributed by atoms with E-state index in [2.05, 4.69) is 0 Å². The van der Waals surface area contributed by atoms with Gasteiger partial charge in [0.25, 0.3) is 5.91 Å². The van der Waals surface area contributed by atoms with Gasteiger partial charge in [-0.15, -0.1) is 0 Å². The number of rotatable bonds is 6. The number of carboxylic acids is 1. The predicted octanol–water partition coefficient (Wildman–Crippen LogP) is 7.03. The Labute approximate surface area is 256 Å². The summed E-state index contributed by atoms with van der Waals surface area (Å²) in [6.45, 7) is 12.1. The zero-order chi connectivity index (χ0) is 32.1. The highest BCUT2D eigenvalue weighted by Crippen LogP contribution is 2.46. The van der Waals surface area contributed by atoms with Gasteiger partial charge in [0.2, 0.25) is 0 Å². The molecule has 3 aromatic rings. The van der Waals surface area contributed by atoms with E-state index in [1.54, 1.807) is 25.7 Å². The first-order chi connectivity index (χ1) is 20.7. The van der Waals surface area contributed by atoms with E-state index in [1.807, 2.05) is 20.8 Å². The fraction of sp³-hybridized carbons (Fsp3) is 0.429. The zero-order valence-corrected chi connectivity index (χ0v) is 26.3. The molecule has 2 aliphatic rings. The maximum absolute atomic E-state index is 15.6. The molecule has 7 nitrogen and oxygen atoms in total. The van der Waals surface area contributed by atoms with E-state index in [-0.39, 0.29) is 29.5 Å². The molecule has 3 aromatic carbocycles. The number of carboxylic acid groups (broad SMARTS) is 1. The van der Waals surface area contributed by atoms with Gasteiger partial charge in [0.1, 0.15) is 0 Å². The van der Waals surface area contributed by atoms with E-state index in [1.165, 1.54) is 31.4 Å². The van der Waals surface area contributed by atoms with Crippen LogP contribution in [0, 0.1) is 32.4 Å². The molecule has 0 fully saturated rings. The van der Waals surface area contributed by atoms with Crippen LogP contribution in [0.25, 0.3) is 11.1 Å². The minimum Gasteiger partial charge on any atom is -0.494 e. The minimum absolute atomic E-state index is 0.0534. The lowest BCUT2D eigenvalue weighted by atomic mass is 9.78. The summed E-state index contributed by atoms with van der Waals surface area (Å²) in [4.78, 5) is 28.0. The largest absolute Gasteiger partial charge is 0.494 e. The molecule has 0 bridgehead atoms. The van der Waals surface area contributed by atoms with Crippen molar-refractivity contribution in [2.75, 3.05) is 20.3 Å². The van der Waals surface area contributed by atoms with E-state index in [0.29, 0.717) is 42.7 Å². The van der Waals surface area contributed by atoms with Crippen molar-refractivity contribution in [3.63, 3.8) is 0 Å². The summed E-state index contributed by atoms with van der Waals surface area (Å²) in [5.41, 5.74) is 5.97. The number of halogens is 2. The number of ether oxygens (including phenoxy) is 3. The Hall–Kier alpha value is -3.98. The van der Waals surface area contributed by atoms with E-state index < -0.39 is 29.3 Å². The Balaban J connectivity index is 1.71. The van der Waals surface area contributed by atoms with Gasteiger partial charge in [-0.25, -0.2) is 13.6 Å². The molecule has 0 saturated carbocycles. The number of aliphatic carboxylic acids is 1. The molecule has 0 saturated heterocycles. The summed E-state index contributed by atoms with van der Waals surface area (Å²) in [5.74, 6) is -2.29. The molecule has 2 aliphatic heterocycles. The fourth-order valence-corrected chi connectivity index (χ4v) is 6.56. The van der Waals surface area contributed by atoms with Crippen LogP contribution in [-0.2, 0) is 28.9 Å². The van der Waals surface area contributed by atoms with Gasteiger partial charge in [-0.1, -0.05) is 0 Å². The Morgan fingerprint density at radius 3 is 2.34 bits per heavy atom. The van der Waals surface area contributed by atoms with Crippen molar-refractivity contribution in [2.45, 2.75) is 79.1 Å². The Morgan fingerprint density at radius 1 is 0.977 bits per heavy atom. The molecule has 44 heavy (non-hydrogen) atoms. The number of carbonyl (C=O) groups excluding carboxylic acids is 1. The third-order valence-electron chi connectivity index (χ3n) is 8.65. The first-order valence-electron chi connectivity index (χ1n) is 14.9. The molecule has 0 aromatic heterocycles. The van der Waals surface area contributed by atoms with E-state index in [4.69, 9.17) is 14.2 Å². The Kier molecular flexibility index (Phi) is 8.46. The maximum Gasteiger partial charge on any atom is 0.337 e. The lowest BCUT2D eigenvalue weighted by Gasteiger charge is -2.36. The summed E-state index contributed by atoms with van der Waals surface area (Å²) in [7, 11) is 1.36. The van der Waals surface area contributed by atoms with Crippen LogP contribution in [0.4, 0.5) is 8.78 Å². The van der Waals surface area contributed by atoms with Crippen LogP contribution in [0.1, 0.15) is 82.6 Å². The lowest BCUT2D eigenvalue weighted by Crippen LogP contribution is -2.37. The molecule has 1 unspecified atom stereocenters. The minimum atomic E-state index is -1.31. The molecule has 0 radical (unpaired) electrons. The Bertz CT molecular complexity index is 1660. The standard InChI is InChI=1S/C35H39F2NO6/c1-18-23-9-8-14-43-31(23)27(37)16-24(18)29-20(3)25-17-38(33(39)21-10-11-28(42-7)26(36)15-21)13-12-22(25)19(2)30(29)32(34(40)41)44-35(4,5)6/h10-11,15-16,32H,8-9,12-14,17H2,1-7H3,(H,40,41). The molecular formula is C35H39F2NO6. The van der Waals surface area contributed by atoms with Crippen molar-refractivity contribution in [2.24, 2.45) is 0 Å². The fourth-order valence-electron chi connectivity index (χ4n) is 6.56. The van der Waals surface area contributed by atoms with Crippen LogP contribution < -0.4 is 9.47 Å². The van der Waals surface area contributed by atoms with Gasteiger partial charge in [0.15, 0.2) is 29.2 Å². The number of carbonyl (C=O) groups is 2. The first-order valence-corrected chi connectivity index (χ1v) is 14.9. The number of hydrogen-bond acceptors (Lipinski definition) is 5. The molecule has 5 rings (SSSR count). The van der Waals surface area contributed by atoms with Gasteiger partial charge < -0.3 is 24.2 Å². The third-order valence-corrected chi connectivity index (χ3v) is 8.65. The van der Waals surface area contributed by atoms with Gasteiger partial charge in [0, 0.05) is 29.8 Å². The van der Waals surface area contributed by atoms with Crippen LogP contribution in [-0.4, -0.2) is 47.7 Å². The molecule has 0 aliphatic carbocycles. The second kappa shape index (κ2) is 11.8. The number of nitrogens with zero attached hydrogens (tertiary/aromatic N) is 1. The summed E-state index contributed by atoms with van der Waals surface area (Å²) >= 11 is 0. The van der Waals surface area contributed by atoms with Crippen molar-refractivity contribution in [3.05, 3.63) is 80.4 Å². The Morgan fingerprint density at radius 2 is 1.70 bits per heavy atom. The van der Waals surface area contributed by atoms with Crippen LogP contribution in [0.5, 0.6) is 11.5 Å². The summed E-state index contributed by atoms with van der Waals surface area (Å²) in [6, 6.07) is 5.57. The molecule has 2 heterocycles. The van der Waals surface area contributed by atoms with E-state index >= 15 is 4.39 Å². The number of fused-ring (bicyclic) bond motifs is 2. The topological polar surface area (TPSA) is 85.3 Å².